The predicted octanol–water partition coefficient (Wildman–Crippen LogP) is 0.764. The molecule has 0 spiro atoms. The van der Waals surface area contributed by atoms with Gasteiger partial charge in [0.15, 0.2) is 5.79 Å². The zero-order valence-corrected chi connectivity index (χ0v) is 9.11. The van der Waals surface area contributed by atoms with Gasteiger partial charge >= 0.3 is 0 Å². The van der Waals surface area contributed by atoms with Crippen LogP contribution >= 0.6 is 0 Å². The minimum atomic E-state index is -1.16. The monoisotopic (exact) mass is 196 g/mol. The largest absolute Gasteiger partial charge is 0.376 e. The van der Waals surface area contributed by atoms with Gasteiger partial charge in [-0.15, -0.1) is 0 Å². The second-order valence-electron chi connectivity index (χ2n) is 2.37. The van der Waals surface area contributed by atoms with Gasteiger partial charge in [0.05, 0.1) is 0 Å². The van der Waals surface area contributed by atoms with E-state index in [1.54, 1.807) is 13.8 Å². The third kappa shape index (κ3) is 4.93. The Morgan fingerprint density at radius 3 is 2.27 bits per heavy atom. The summed E-state index contributed by atoms with van der Waals surface area (Å²) in [4.78, 5) is 0. The van der Waals surface area contributed by atoms with E-state index in [9.17, 15) is 5.11 Å². The van der Waals surface area contributed by atoms with Gasteiger partial charge in [0.25, 0.3) is 0 Å². The first kappa shape index (κ1) is 14.1. The number of ether oxygens (including phenoxy) is 2. The molecule has 0 aliphatic carbocycles. The minimum absolute atomic E-state index is 0. The summed E-state index contributed by atoms with van der Waals surface area (Å²) < 4.78 is 9.91. The van der Waals surface area contributed by atoms with Crippen LogP contribution in [0.4, 0.5) is 0 Å². The molecular weight excluding hydrogens is 180 g/mol. The van der Waals surface area contributed by atoms with Crippen molar-refractivity contribution in [3.63, 3.8) is 0 Å². The summed E-state index contributed by atoms with van der Waals surface area (Å²) >= 11 is 0. The Morgan fingerprint density at radius 2 is 2.00 bits per heavy atom. The molecule has 0 fully saturated rings. The molecular formula is C7H16O3Ti. The zero-order valence-electron chi connectivity index (χ0n) is 7.55. The first-order valence-electron chi connectivity index (χ1n) is 3.43. The van der Waals surface area contributed by atoms with Gasteiger partial charge in [-0.05, 0) is 20.8 Å². The van der Waals surface area contributed by atoms with Gasteiger partial charge in [0.1, 0.15) is 6.10 Å². The van der Waals surface area contributed by atoms with Crippen molar-refractivity contribution in [1.29, 1.82) is 0 Å². The maximum atomic E-state index is 9.44. The summed E-state index contributed by atoms with van der Waals surface area (Å²) in [5, 5.41) is 9.44. The summed E-state index contributed by atoms with van der Waals surface area (Å²) in [6.07, 6.45) is -0.299. The van der Waals surface area contributed by atoms with Crippen LogP contribution in [-0.4, -0.2) is 30.7 Å². The molecule has 0 aromatic heterocycles. The molecule has 0 saturated carbocycles. The molecule has 0 heterocycles. The van der Waals surface area contributed by atoms with Gasteiger partial charge in [-0.25, -0.2) is 0 Å². The number of hydrogen-bond acceptors (Lipinski definition) is 3. The van der Waals surface area contributed by atoms with E-state index in [0.717, 1.165) is 0 Å². The van der Waals surface area contributed by atoms with E-state index in [1.807, 2.05) is 6.92 Å². The van der Waals surface area contributed by atoms with Gasteiger partial charge in [0, 0.05) is 35.4 Å². The van der Waals surface area contributed by atoms with Gasteiger partial charge in [0.2, 0.25) is 0 Å². The molecule has 2 atom stereocenters. The third-order valence-electron chi connectivity index (χ3n) is 1.54. The molecule has 0 radical (unpaired) electrons. The summed E-state index contributed by atoms with van der Waals surface area (Å²) in [6.45, 7) is 5.66. The van der Waals surface area contributed by atoms with Crippen molar-refractivity contribution in [2.75, 3.05) is 13.7 Å². The molecule has 4 heteroatoms. The standard InChI is InChI=1S/C7H16O3.Ti/c1-5-10-7(3,8)6(2)9-4;/h6,8H,5H2,1-4H3;. The van der Waals surface area contributed by atoms with E-state index < -0.39 is 5.79 Å². The average Bonchev–Trinajstić information content (AvgIpc) is 1.86. The van der Waals surface area contributed by atoms with Crippen molar-refractivity contribution < 1.29 is 36.3 Å². The van der Waals surface area contributed by atoms with E-state index in [2.05, 4.69) is 0 Å². The quantitative estimate of drug-likeness (QED) is 0.533. The summed E-state index contributed by atoms with van der Waals surface area (Å²) in [6, 6.07) is 0. The molecule has 0 aromatic carbocycles. The predicted molar refractivity (Wildman–Crippen MR) is 38.7 cm³/mol. The van der Waals surface area contributed by atoms with Crippen molar-refractivity contribution in [2.45, 2.75) is 32.7 Å². The van der Waals surface area contributed by atoms with Crippen molar-refractivity contribution in [3.05, 3.63) is 0 Å². The topological polar surface area (TPSA) is 38.7 Å². The van der Waals surface area contributed by atoms with E-state index in [4.69, 9.17) is 9.47 Å². The number of rotatable bonds is 4. The number of methoxy groups -OCH3 is 1. The molecule has 1 N–H and O–H groups in total. The van der Waals surface area contributed by atoms with Gasteiger partial charge < -0.3 is 14.6 Å². The number of aliphatic hydroxyl groups is 1. The summed E-state index contributed by atoms with van der Waals surface area (Å²) in [5.41, 5.74) is 0. The maximum absolute atomic E-state index is 9.44. The smallest absolute Gasteiger partial charge is 0.188 e. The van der Waals surface area contributed by atoms with Crippen molar-refractivity contribution in [1.82, 2.24) is 0 Å². The molecule has 0 bridgehead atoms. The van der Waals surface area contributed by atoms with E-state index in [0.29, 0.717) is 6.61 Å². The molecule has 0 aliphatic rings. The average molecular weight is 196 g/mol. The number of hydrogen-bond donors (Lipinski definition) is 1. The van der Waals surface area contributed by atoms with Crippen LogP contribution in [0.5, 0.6) is 0 Å². The fourth-order valence-electron chi connectivity index (χ4n) is 0.628. The fourth-order valence-corrected chi connectivity index (χ4v) is 0.628. The van der Waals surface area contributed by atoms with Crippen LogP contribution in [0.2, 0.25) is 0 Å². The Bertz CT molecular complexity index is 95.7. The Labute approximate surface area is 83.0 Å². The molecule has 66 valence electrons. The molecule has 0 aliphatic heterocycles. The van der Waals surface area contributed by atoms with E-state index >= 15 is 0 Å². The minimum Gasteiger partial charge on any atom is -0.376 e. The Kier molecular flexibility index (Phi) is 7.90. The van der Waals surface area contributed by atoms with Crippen molar-refractivity contribution in [2.24, 2.45) is 0 Å². The molecule has 2 unspecified atom stereocenters. The van der Waals surface area contributed by atoms with Gasteiger partial charge in [-0.3, -0.25) is 0 Å². The van der Waals surface area contributed by atoms with Crippen LogP contribution in [0, 0.1) is 0 Å². The second-order valence-corrected chi connectivity index (χ2v) is 2.37. The van der Waals surface area contributed by atoms with Gasteiger partial charge in [-0.2, -0.15) is 0 Å². The zero-order chi connectivity index (χ0) is 8.20. The second kappa shape index (κ2) is 6.15. The molecule has 3 nitrogen and oxygen atoms in total. The van der Waals surface area contributed by atoms with Crippen LogP contribution in [0.15, 0.2) is 0 Å². The normalized spacial score (nSPS) is 18.3. The van der Waals surface area contributed by atoms with E-state index in [-0.39, 0.29) is 27.8 Å². The van der Waals surface area contributed by atoms with Crippen LogP contribution < -0.4 is 0 Å². The third-order valence-corrected chi connectivity index (χ3v) is 1.54. The summed E-state index contributed by atoms with van der Waals surface area (Å²) in [5.74, 6) is -1.16. The molecule has 0 saturated heterocycles. The van der Waals surface area contributed by atoms with Crippen LogP contribution in [0.3, 0.4) is 0 Å². The Morgan fingerprint density at radius 1 is 1.55 bits per heavy atom. The Hall–Kier alpha value is 0.594. The van der Waals surface area contributed by atoms with Crippen molar-refractivity contribution in [3.8, 4) is 0 Å². The van der Waals surface area contributed by atoms with Crippen molar-refractivity contribution >= 4 is 0 Å². The molecule has 11 heavy (non-hydrogen) atoms. The first-order chi connectivity index (χ1) is 4.54. The van der Waals surface area contributed by atoms with E-state index in [1.165, 1.54) is 7.11 Å². The molecule has 0 aromatic rings. The van der Waals surface area contributed by atoms with Crippen LogP contribution in [0.25, 0.3) is 0 Å². The van der Waals surface area contributed by atoms with Crippen LogP contribution in [0.1, 0.15) is 20.8 Å². The fraction of sp³-hybridized carbons (Fsp3) is 1.00. The summed E-state index contributed by atoms with van der Waals surface area (Å²) in [7, 11) is 1.54. The van der Waals surface area contributed by atoms with Gasteiger partial charge in [-0.1, -0.05) is 0 Å². The molecule has 0 amide bonds. The molecule has 0 rings (SSSR count). The maximum Gasteiger partial charge on any atom is 0.188 e. The first-order valence-corrected chi connectivity index (χ1v) is 3.43. The van der Waals surface area contributed by atoms with Crippen LogP contribution in [-0.2, 0) is 31.2 Å². The Balaban J connectivity index is 0. The SMILES string of the molecule is CCOC(C)(O)C(C)OC.[Ti].